The highest BCUT2D eigenvalue weighted by Gasteiger charge is 2.10. The quantitative estimate of drug-likeness (QED) is 0.884. The zero-order valence-electron chi connectivity index (χ0n) is 10.9. The van der Waals surface area contributed by atoms with Crippen LogP contribution in [0.2, 0.25) is 0 Å². The van der Waals surface area contributed by atoms with Gasteiger partial charge in [-0.25, -0.2) is 4.98 Å². The van der Waals surface area contributed by atoms with E-state index in [4.69, 9.17) is 4.42 Å². The second kappa shape index (κ2) is 4.45. The molecule has 0 spiro atoms. The first-order valence-corrected chi connectivity index (χ1v) is 5.92. The first kappa shape index (κ1) is 12.0. The number of pyridine rings is 1. The Labute approximate surface area is 101 Å². The summed E-state index contributed by atoms with van der Waals surface area (Å²) in [6.45, 7) is 9.24. The lowest BCUT2D eigenvalue weighted by atomic mass is 10.1. The predicted octanol–water partition coefficient (Wildman–Crippen LogP) is 2.46. The molecule has 2 aromatic heterocycles. The van der Waals surface area contributed by atoms with Crippen molar-refractivity contribution in [2.45, 2.75) is 39.7 Å². The van der Waals surface area contributed by atoms with Crippen molar-refractivity contribution in [3.05, 3.63) is 23.7 Å². The molecular weight excluding hydrogens is 214 g/mol. The predicted molar refractivity (Wildman–Crippen MR) is 68.0 cm³/mol. The van der Waals surface area contributed by atoms with Crippen LogP contribution < -0.4 is 5.32 Å². The highest BCUT2D eigenvalue weighted by Crippen LogP contribution is 2.14. The number of aryl methyl sites for hydroxylation is 1. The van der Waals surface area contributed by atoms with E-state index in [9.17, 15) is 0 Å². The van der Waals surface area contributed by atoms with Crippen LogP contribution in [0.1, 0.15) is 32.4 Å². The van der Waals surface area contributed by atoms with Crippen molar-refractivity contribution < 1.29 is 4.42 Å². The van der Waals surface area contributed by atoms with Gasteiger partial charge in [-0.2, -0.15) is 4.98 Å². The summed E-state index contributed by atoms with van der Waals surface area (Å²) in [5, 5.41) is 3.41. The number of fused-ring (bicyclic) bond motifs is 1. The molecule has 0 aromatic carbocycles. The fraction of sp³-hybridized carbons (Fsp3) is 0.538. The van der Waals surface area contributed by atoms with Gasteiger partial charge < -0.3 is 9.73 Å². The van der Waals surface area contributed by atoms with Gasteiger partial charge in [0.2, 0.25) is 0 Å². The minimum atomic E-state index is 0.126. The number of aromatic nitrogens is 2. The third-order valence-electron chi connectivity index (χ3n) is 2.43. The molecule has 0 unspecified atom stereocenters. The van der Waals surface area contributed by atoms with Gasteiger partial charge in [0, 0.05) is 24.2 Å². The van der Waals surface area contributed by atoms with Crippen LogP contribution in [0.25, 0.3) is 11.2 Å². The summed E-state index contributed by atoms with van der Waals surface area (Å²) in [6.07, 6.45) is 0.784. The van der Waals surface area contributed by atoms with Crippen molar-refractivity contribution in [3.63, 3.8) is 0 Å². The van der Waals surface area contributed by atoms with Gasteiger partial charge in [0.15, 0.2) is 17.1 Å². The van der Waals surface area contributed by atoms with Crippen LogP contribution in [-0.2, 0) is 6.42 Å². The molecule has 1 N–H and O–H groups in total. The molecule has 0 saturated carbocycles. The van der Waals surface area contributed by atoms with Gasteiger partial charge in [0.05, 0.1) is 0 Å². The Morgan fingerprint density at radius 3 is 2.71 bits per heavy atom. The van der Waals surface area contributed by atoms with Crippen LogP contribution >= 0.6 is 0 Å². The fourth-order valence-electron chi connectivity index (χ4n) is 1.61. The number of nitrogens with one attached hydrogen (secondary N) is 1. The number of rotatable bonds is 3. The average Bonchev–Trinajstić information content (AvgIpc) is 2.57. The van der Waals surface area contributed by atoms with Crippen molar-refractivity contribution >= 4 is 11.2 Å². The Bertz CT molecular complexity index is 511. The molecule has 0 aliphatic heterocycles. The second-order valence-corrected chi connectivity index (χ2v) is 5.31. The molecular formula is C13H19N3O. The molecule has 2 heterocycles. The van der Waals surface area contributed by atoms with E-state index in [1.54, 1.807) is 0 Å². The lowest BCUT2D eigenvalue weighted by Crippen LogP contribution is -2.37. The normalized spacial score (nSPS) is 12.2. The molecule has 2 rings (SSSR count). The molecule has 0 saturated heterocycles. The molecule has 17 heavy (non-hydrogen) atoms. The highest BCUT2D eigenvalue weighted by molar-refractivity contribution is 5.67. The summed E-state index contributed by atoms with van der Waals surface area (Å²) in [6, 6.07) is 3.86. The van der Waals surface area contributed by atoms with E-state index in [-0.39, 0.29) is 5.54 Å². The van der Waals surface area contributed by atoms with E-state index in [1.807, 2.05) is 19.1 Å². The molecule has 2 aromatic rings. The minimum Gasteiger partial charge on any atom is -0.439 e. The molecule has 0 amide bonds. The SMILES string of the molecule is Cc1ccc2oc(CCNC(C)(C)C)nc2n1. The third-order valence-corrected chi connectivity index (χ3v) is 2.43. The van der Waals surface area contributed by atoms with Gasteiger partial charge in [-0.3, -0.25) is 0 Å². The summed E-state index contributed by atoms with van der Waals surface area (Å²) in [4.78, 5) is 8.70. The van der Waals surface area contributed by atoms with E-state index >= 15 is 0 Å². The van der Waals surface area contributed by atoms with Gasteiger partial charge in [-0.1, -0.05) is 0 Å². The molecule has 0 fully saturated rings. The summed E-state index contributed by atoms with van der Waals surface area (Å²) >= 11 is 0. The van der Waals surface area contributed by atoms with Crippen LogP contribution in [0.4, 0.5) is 0 Å². The van der Waals surface area contributed by atoms with E-state index in [2.05, 4.69) is 36.1 Å². The molecule has 0 bridgehead atoms. The van der Waals surface area contributed by atoms with E-state index in [0.717, 1.165) is 30.1 Å². The minimum absolute atomic E-state index is 0.126. The van der Waals surface area contributed by atoms with Crippen molar-refractivity contribution in [3.8, 4) is 0 Å². The topological polar surface area (TPSA) is 51.0 Å². The summed E-state index contributed by atoms with van der Waals surface area (Å²) in [5.74, 6) is 0.745. The Balaban J connectivity index is 2.05. The van der Waals surface area contributed by atoms with E-state index in [0.29, 0.717) is 5.65 Å². The van der Waals surface area contributed by atoms with Crippen LogP contribution in [0.5, 0.6) is 0 Å². The maximum absolute atomic E-state index is 5.62. The van der Waals surface area contributed by atoms with Crippen molar-refractivity contribution in [2.24, 2.45) is 0 Å². The third kappa shape index (κ3) is 3.27. The zero-order chi connectivity index (χ0) is 12.5. The Kier molecular flexibility index (Phi) is 3.15. The largest absolute Gasteiger partial charge is 0.439 e. The fourth-order valence-corrected chi connectivity index (χ4v) is 1.61. The Hall–Kier alpha value is -1.42. The Morgan fingerprint density at radius 1 is 1.24 bits per heavy atom. The average molecular weight is 233 g/mol. The van der Waals surface area contributed by atoms with Gasteiger partial charge in [0.25, 0.3) is 0 Å². The first-order valence-electron chi connectivity index (χ1n) is 5.92. The summed E-state index contributed by atoms with van der Waals surface area (Å²) in [5.41, 5.74) is 2.56. The summed E-state index contributed by atoms with van der Waals surface area (Å²) in [7, 11) is 0. The lowest BCUT2D eigenvalue weighted by molar-refractivity contribution is 0.414. The monoisotopic (exact) mass is 233 g/mol. The van der Waals surface area contributed by atoms with Crippen LogP contribution in [0, 0.1) is 6.92 Å². The molecule has 0 radical (unpaired) electrons. The van der Waals surface area contributed by atoms with Crippen LogP contribution in [0.3, 0.4) is 0 Å². The number of oxazole rings is 1. The first-order chi connectivity index (χ1) is 7.94. The maximum Gasteiger partial charge on any atom is 0.199 e. The standard InChI is InChI=1S/C13H19N3O/c1-9-5-6-10-12(15-9)16-11(17-10)7-8-14-13(2,3)4/h5-6,14H,7-8H2,1-4H3. The van der Waals surface area contributed by atoms with E-state index in [1.165, 1.54) is 0 Å². The van der Waals surface area contributed by atoms with Gasteiger partial charge in [0.1, 0.15) is 0 Å². The second-order valence-electron chi connectivity index (χ2n) is 5.31. The molecule has 0 aliphatic carbocycles. The number of hydrogen-bond donors (Lipinski definition) is 1. The van der Waals surface area contributed by atoms with Gasteiger partial charge in [-0.15, -0.1) is 0 Å². The number of hydrogen-bond acceptors (Lipinski definition) is 4. The molecule has 4 nitrogen and oxygen atoms in total. The molecule has 92 valence electrons. The number of nitrogens with zero attached hydrogens (tertiary/aromatic N) is 2. The maximum atomic E-state index is 5.62. The Morgan fingerprint density at radius 2 is 2.00 bits per heavy atom. The van der Waals surface area contributed by atoms with Crippen LogP contribution in [0.15, 0.2) is 16.5 Å². The lowest BCUT2D eigenvalue weighted by Gasteiger charge is -2.19. The zero-order valence-corrected chi connectivity index (χ0v) is 10.9. The van der Waals surface area contributed by atoms with Crippen molar-refractivity contribution in [2.75, 3.05) is 6.54 Å². The highest BCUT2D eigenvalue weighted by atomic mass is 16.3. The van der Waals surface area contributed by atoms with Crippen molar-refractivity contribution in [1.29, 1.82) is 0 Å². The van der Waals surface area contributed by atoms with Crippen molar-refractivity contribution in [1.82, 2.24) is 15.3 Å². The van der Waals surface area contributed by atoms with Gasteiger partial charge >= 0.3 is 0 Å². The molecule has 0 aliphatic rings. The van der Waals surface area contributed by atoms with Crippen LogP contribution in [-0.4, -0.2) is 22.1 Å². The van der Waals surface area contributed by atoms with Gasteiger partial charge in [-0.05, 0) is 39.8 Å². The van der Waals surface area contributed by atoms with E-state index < -0.39 is 0 Å². The summed E-state index contributed by atoms with van der Waals surface area (Å²) < 4.78 is 5.62. The molecule has 0 atom stereocenters. The smallest absolute Gasteiger partial charge is 0.199 e. The molecule has 4 heteroatoms.